The zero-order valence-electron chi connectivity index (χ0n) is 13.9. The first-order valence-electron chi connectivity index (χ1n) is 8.18. The van der Waals surface area contributed by atoms with Crippen LogP contribution in [0.15, 0.2) is 36.5 Å². The van der Waals surface area contributed by atoms with Gasteiger partial charge in [0.15, 0.2) is 5.82 Å². The Labute approximate surface area is 145 Å². The van der Waals surface area contributed by atoms with Crippen molar-refractivity contribution in [1.82, 2.24) is 20.2 Å². The summed E-state index contributed by atoms with van der Waals surface area (Å²) in [5.74, 6) is -0.502. The van der Waals surface area contributed by atoms with E-state index < -0.39 is 5.82 Å². The standard InChI is InChI=1S/C18H19FN4O2/c1-12(24)21-11-13-8-9-20-17(22-13)16-7-4-10-23(16)18(25)14-5-2-3-6-15(14)19/h2-3,5-6,8-9,16H,4,7,10-11H2,1H3,(H,21,24). The molecule has 7 heteroatoms. The van der Waals surface area contributed by atoms with Gasteiger partial charge in [-0.25, -0.2) is 14.4 Å². The summed E-state index contributed by atoms with van der Waals surface area (Å²) in [5, 5.41) is 2.69. The highest BCUT2D eigenvalue weighted by Gasteiger charge is 2.33. The maximum absolute atomic E-state index is 13.9. The highest BCUT2D eigenvalue weighted by atomic mass is 19.1. The number of benzene rings is 1. The van der Waals surface area contributed by atoms with Gasteiger partial charge in [0.2, 0.25) is 5.91 Å². The molecule has 25 heavy (non-hydrogen) atoms. The van der Waals surface area contributed by atoms with Gasteiger partial charge >= 0.3 is 0 Å². The number of hydrogen-bond donors (Lipinski definition) is 1. The number of halogens is 1. The quantitative estimate of drug-likeness (QED) is 0.924. The Bertz CT molecular complexity index is 796. The molecule has 1 aromatic carbocycles. The van der Waals surface area contributed by atoms with Crippen LogP contribution in [0, 0.1) is 5.82 Å². The van der Waals surface area contributed by atoms with Crippen LogP contribution in [0.5, 0.6) is 0 Å². The first-order chi connectivity index (χ1) is 12.1. The molecular weight excluding hydrogens is 323 g/mol. The molecule has 1 aliphatic heterocycles. The van der Waals surface area contributed by atoms with Crippen LogP contribution in [0.2, 0.25) is 0 Å². The Morgan fingerprint density at radius 2 is 2.12 bits per heavy atom. The summed E-state index contributed by atoms with van der Waals surface area (Å²) in [4.78, 5) is 34.1. The van der Waals surface area contributed by atoms with Gasteiger partial charge in [-0.2, -0.15) is 0 Å². The molecule has 1 unspecified atom stereocenters. The van der Waals surface area contributed by atoms with Gasteiger partial charge in [0.1, 0.15) is 5.82 Å². The fourth-order valence-electron chi connectivity index (χ4n) is 2.95. The predicted molar refractivity (Wildman–Crippen MR) is 89.0 cm³/mol. The minimum absolute atomic E-state index is 0.0591. The number of rotatable bonds is 4. The molecule has 1 atom stereocenters. The van der Waals surface area contributed by atoms with Gasteiger partial charge in [-0.05, 0) is 31.0 Å². The third kappa shape index (κ3) is 3.81. The van der Waals surface area contributed by atoms with Crippen molar-refractivity contribution in [1.29, 1.82) is 0 Å². The second kappa shape index (κ2) is 7.38. The second-order valence-electron chi connectivity index (χ2n) is 5.95. The van der Waals surface area contributed by atoms with Crippen molar-refractivity contribution in [3.05, 3.63) is 59.4 Å². The highest BCUT2D eigenvalue weighted by molar-refractivity contribution is 5.94. The van der Waals surface area contributed by atoms with E-state index in [0.29, 0.717) is 24.6 Å². The number of carbonyl (C=O) groups is 2. The lowest BCUT2D eigenvalue weighted by atomic mass is 10.1. The van der Waals surface area contributed by atoms with Gasteiger partial charge < -0.3 is 10.2 Å². The number of carbonyl (C=O) groups excluding carboxylic acids is 2. The van der Waals surface area contributed by atoms with E-state index in [1.807, 2.05) is 0 Å². The lowest BCUT2D eigenvalue weighted by molar-refractivity contribution is -0.119. The third-order valence-corrected chi connectivity index (χ3v) is 4.17. The maximum Gasteiger partial charge on any atom is 0.257 e. The fraction of sp³-hybridized carbons (Fsp3) is 0.333. The zero-order chi connectivity index (χ0) is 17.8. The Morgan fingerprint density at radius 3 is 2.88 bits per heavy atom. The smallest absolute Gasteiger partial charge is 0.257 e. The summed E-state index contributed by atoms with van der Waals surface area (Å²) in [7, 11) is 0. The van der Waals surface area contributed by atoms with Gasteiger partial charge in [0.25, 0.3) is 5.91 Å². The van der Waals surface area contributed by atoms with Crippen LogP contribution in [0.4, 0.5) is 4.39 Å². The lowest BCUT2D eigenvalue weighted by Crippen LogP contribution is -2.32. The van der Waals surface area contributed by atoms with Crippen molar-refractivity contribution in [3.63, 3.8) is 0 Å². The average Bonchev–Trinajstić information content (AvgIpc) is 3.10. The third-order valence-electron chi connectivity index (χ3n) is 4.17. The Kier molecular flexibility index (Phi) is 5.02. The molecule has 1 saturated heterocycles. The van der Waals surface area contributed by atoms with E-state index in [-0.39, 0.29) is 23.4 Å². The van der Waals surface area contributed by atoms with E-state index >= 15 is 0 Å². The van der Waals surface area contributed by atoms with E-state index in [0.717, 1.165) is 12.8 Å². The van der Waals surface area contributed by atoms with Crippen LogP contribution in [0.3, 0.4) is 0 Å². The SMILES string of the molecule is CC(=O)NCc1ccnc(C2CCCN2C(=O)c2ccccc2F)n1. The Morgan fingerprint density at radius 1 is 1.32 bits per heavy atom. The number of nitrogens with one attached hydrogen (secondary N) is 1. The molecule has 6 nitrogen and oxygen atoms in total. The van der Waals surface area contributed by atoms with Crippen molar-refractivity contribution in [2.24, 2.45) is 0 Å². The predicted octanol–water partition coefficient (Wildman–Crippen LogP) is 2.23. The van der Waals surface area contributed by atoms with Gasteiger partial charge in [-0.3, -0.25) is 9.59 Å². The number of likely N-dealkylation sites (tertiary alicyclic amines) is 1. The minimum Gasteiger partial charge on any atom is -0.351 e. The second-order valence-corrected chi connectivity index (χ2v) is 5.95. The van der Waals surface area contributed by atoms with E-state index in [9.17, 15) is 14.0 Å². The summed E-state index contributed by atoms with van der Waals surface area (Å²) in [5.41, 5.74) is 0.731. The molecule has 0 spiro atoms. The van der Waals surface area contributed by atoms with E-state index in [2.05, 4.69) is 15.3 Å². The van der Waals surface area contributed by atoms with Crippen molar-refractivity contribution in [2.45, 2.75) is 32.4 Å². The van der Waals surface area contributed by atoms with Gasteiger partial charge in [0, 0.05) is 19.7 Å². The van der Waals surface area contributed by atoms with Crippen LogP contribution >= 0.6 is 0 Å². The topological polar surface area (TPSA) is 75.2 Å². The first-order valence-corrected chi connectivity index (χ1v) is 8.18. The van der Waals surface area contributed by atoms with Crippen LogP contribution in [0.25, 0.3) is 0 Å². The van der Waals surface area contributed by atoms with Crippen molar-refractivity contribution < 1.29 is 14.0 Å². The van der Waals surface area contributed by atoms with Gasteiger partial charge in [-0.15, -0.1) is 0 Å². The molecule has 0 bridgehead atoms. The molecule has 2 heterocycles. The van der Waals surface area contributed by atoms with Crippen molar-refractivity contribution >= 4 is 11.8 Å². The molecule has 1 aliphatic rings. The molecule has 1 aromatic heterocycles. The number of hydrogen-bond acceptors (Lipinski definition) is 4. The molecular formula is C18H19FN4O2. The first kappa shape index (κ1) is 17.0. The molecule has 3 rings (SSSR count). The van der Waals surface area contributed by atoms with Crippen LogP contribution in [-0.4, -0.2) is 33.2 Å². The summed E-state index contributed by atoms with van der Waals surface area (Å²) < 4.78 is 13.9. The molecule has 0 aliphatic carbocycles. The van der Waals surface area contributed by atoms with Crippen LogP contribution < -0.4 is 5.32 Å². The summed E-state index contributed by atoms with van der Waals surface area (Å²) in [6, 6.07) is 7.40. The summed E-state index contributed by atoms with van der Waals surface area (Å²) in [6.45, 7) is 2.28. The maximum atomic E-state index is 13.9. The molecule has 2 amide bonds. The highest BCUT2D eigenvalue weighted by Crippen LogP contribution is 2.31. The van der Waals surface area contributed by atoms with Crippen molar-refractivity contribution in [2.75, 3.05) is 6.54 Å². The zero-order valence-corrected chi connectivity index (χ0v) is 13.9. The van der Waals surface area contributed by atoms with E-state index in [1.54, 1.807) is 29.3 Å². The largest absolute Gasteiger partial charge is 0.351 e. The molecule has 130 valence electrons. The molecule has 0 saturated carbocycles. The van der Waals surface area contributed by atoms with Crippen LogP contribution in [-0.2, 0) is 11.3 Å². The van der Waals surface area contributed by atoms with Crippen LogP contribution in [0.1, 0.15) is 47.7 Å². The van der Waals surface area contributed by atoms with Gasteiger partial charge in [0.05, 0.1) is 23.8 Å². The Hall–Kier alpha value is -2.83. The normalized spacial score (nSPS) is 16.7. The Balaban J connectivity index is 1.82. The lowest BCUT2D eigenvalue weighted by Gasteiger charge is -2.24. The monoisotopic (exact) mass is 342 g/mol. The van der Waals surface area contributed by atoms with E-state index in [4.69, 9.17) is 0 Å². The minimum atomic E-state index is -0.529. The summed E-state index contributed by atoms with van der Waals surface area (Å²) >= 11 is 0. The average molecular weight is 342 g/mol. The summed E-state index contributed by atoms with van der Waals surface area (Å²) in [6.07, 6.45) is 3.15. The molecule has 2 aromatic rings. The molecule has 1 N–H and O–H groups in total. The van der Waals surface area contributed by atoms with Crippen molar-refractivity contribution in [3.8, 4) is 0 Å². The van der Waals surface area contributed by atoms with E-state index in [1.165, 1.54) is 19.1 Å². The number of aromatic nitrogens is 2. The molecule has 1 fully saturated rings. The number of nitrogens with zero attached hydrogens (tertiary/aromatic N) is 3. The number of amides is 2. The molecule has 0 radical (unpaired) electrons. The fourth-order valence-corrected chi connectivity index (χ4v) is 2.95. The van der Waals surface area contributed by atoms with Gasteiger partial charge in [-0.1, -0.05) is 12.1 Å².